The van der Waals surface area contributed by atoms with Crippen LogP contribution in [0.2, 0.25) is 0 Å². The van der Waals surface area contributed by atoms with Crippen LogP contribution in [0.25, 0.3) is 11.0 Å². The van der Waals surface area contributed by atoms with E-state index >= 15 is 0 Å². The first-order valence-electron chi connectivity index (χ1n) is 12.0. The lowest BCUT2D eigenvalue weighted by atomic mass is 9.92. The maximum Gasteiger partial charge on any atom is 0.267 e. The van der Waals surface area contributed by atoms with Gasteiger partial charge in [0.15, 0.2) is 6.23 Å². The molecule has 0 spiro atoms. The predicted molar refractivity (Wildman–Crippen MR) is 133 cm³/mol. The van der Waals surface area contributed by atoms with Gasteiger partial charge in [-0.1, -0.05) is 30.3 Å². The van der Waals surface area contributed by atoms with Crippen molar-refractivity contribution in [3.63, 3.8) is 0 Å². The van der Waals surface area contributed by atoms with Crippen molar-refractivity contribution in [1.29, 1.82) is 0 Å². The number of hydrogen-bond donors (Lipinski definition) is 3. The third-order valence-corrected chi connectivity index (χ3v) is 7.07. The third-order valence-electron chi connectivity index (χ3n) is 7.07. The third kappa shape index (κ3) is 4.17. The molecule has 0 aliphatic carbocycles. The molecule has 6 bridgehead atoms. The van der Waals surface area contributed by atoms with E-state index in [4.69, 9.17) is 4.98 Å². The minimum atomic E-state index is -1.02. The van der Waals surface area contributed by atoms with Gasteiger partial charge in [-0.15, -0.1) is 0 Å². The van der Waals surface area contributed by atoms with Crippen LogP contribution in [0.3, 0.4) is 0 Å². The van der Waals surface area contributed by atoms with Crippen LogP contribution in [0.4, 0.5) is 11.8 Å². The number of imidazole rings is 1. The second kappa shape index (κ2) is 8.83. The highest BCUT2D eigenvalue weighted by Crippen LogP contribution is 2.28. The van der Waals surface area contributed by atoms with Crippen LogP contribution in [0.1, 0.15) is 30.2 Å². The Morgan fingerprint density at radius 1 is 1.00 bits per heavy atom. The summed E-state index contributed by atoms with van der Waals surface area (Å²) in [6.07, 6.45) is 0.200. The Hall–Kier alpha value is -3.69. The monoisotopic (exact) mass is 472 g/mol. The molecule has 35 heavy (non-hydrogen) atoms. The van der Waals surface area contributed by atoms with E-state index in [0.717, 1.165) is 41.8 Å². The summed E-state index contributed by atoms with van der Waals surface area (Å²) in [6.45, 7) is 2.13. The summed E-state index contributed by atoms with van der Waals surface area (Å²) < 4.78 is 3.41. The van der Waals surface area contributed by atoms with E-state index in [2.05, 4.69) is 15.3 Å². The number of hydrogen-bond acceptors (Lipinski definition) is 7. The van der Waals surface area contributed by atoms with Gasteiger partial charge in [0, 0.05) is 30.6 Å². The van der Waals surface area contributed by atoms with Crippen molar-refractivity contribution >= 4 is 22.8 Å². The number of aliphatic hydroxyl groups excluding tert-OH is 2. The summed E-state index contributed by atoms with van der Waals surface area (Å²) in [7, 11) is 0. The number of rotatable bonds is 0. The van der Waals surface area contributed by atoms with Gasteiger partial charge < -0.3 is 25.0 Å². The Balaban J connectivity index is 1.47. The smallest absolute Gasteiger partial charge is 0.267 e. The Bertz CT molecular complexity index is 1430. The van der Waals surface area contributed by atoms with Gasteiger partial charge in [0.2, 0.25) is 5.95 Å². The Kier molecular flexibility index (Phi) is 5.50. The molecule has 0 radical (unpaired) electrons. The number of fused-ring (bicyclic) bond motifs is 10. The number of nitrogens with zero attached hydrogens (tertiary/aromatic N) is 5. The van der Waals surface area contributed by atoms with Crippen LogP contribution in [0, 0.1) is 5.92 Å². The van der Waals surface area contributed by atoms with Gasteiger partial charge in [0.1, 0.15) is 5.82 Å². The summed E-state index contributed by atoms with van der Waals surface area (Å²) in [6, 6.07) is 18.6. The number of benzene rings is 2. The molecular formula is C26H28N6O3. The first-order valence-corrected chi connectivity index (χ1v) is 12.0. The number of anilines is 2. The fourth-order valence-corrected chi connectivity index (χ4v) is 5.20. The molecule has 9 nitrogen and oxygen atoms in total. The van der Waals surface area contributed by atoms with Crippen molar-refractivity contribution < 1.29 is 10.2 Å². The summed E-state index contributed by atoms with van der Waals surface area (Å²) in [5.74, 6) is 1.27. The molecule has 3 N–H and O–H groups in total. The summed E-state index contributed by atoms with van der Waals surface area (Å²) in [5.41, 5.74) is 3.03. The molecule has 6 rings (SSSR count). The molecule has 3 atom stereocenters. The quantitative estimate of drug-likeness (QED) is 0.360. The highest BCUT2D eigenvalue weighted by atomic mass is 16.3. The van der Waals surface area contributed by atoms with Gasteiger partial charge in [0.25, 0.3) is 5.56 Å². The fourth-order valence-electron chi connectivity index (χ4n) is 5.20. The van der Waals surface area contributed by atoms with E-state index in [-0.39, 0.29) is 11.5 Å². The zero-order valence-electron chi connectivity index (χ0n) is 19.3. The highest BCUT2D eigenvalue weighted by Gasteiger charge is 2.29. The van der Waals surface area contributed by atoms with E-state index in [9.17, 15) is 15.0 Å². The van der Waals surface area contributed by atoms with Crippen molar-refractivity contribution in [2.24, 2.45) is 5.92 Å². The standard InChI is InChI=1S/C26H28N6O3/c33-22-16-31-21-9-2-1-8-20(21)27-26(31)28-25(35)18-6-3-5-17(13-18)14-32-24(34)11-10-23(29-32)30-12-4-7-19(22)15-30/h1-3,5-6,8-11,13,19,22,25,33,35H,4,7,12,14-16H2,(H,27,28)/t19-,22-,25?/m0/s1. The van der Waals surface area contributed by atoms with E-state index in [1.165, 1.54) is 4.68 Å². The first-order chi connectivity index (χ1) is 17.0. The maximum absolute atomic E-state index is 12.6. The molecule has 2 aromatic heterocycles. The second-order valence-electron chi connectivity index (χ2n) is 9.43. The van der Waals surface area contributed by atoms with Gasteiger partial charge in [0.05, 0.1) is 30.2 Å². The number of nitrogens with one attached hydrogen (secondary N) is 1. The van der Waals surface area contributed by atoms with E-state index in [0.29, 0.717) is 31.1 Å². The average molecular weight is 473 g/mol. The Morgan fingerprint density at radius 3 is 2.80 bits per heavy atom. The van der Waals surface area contributed by atoms with Crippen molar-refractivity contribution in [3.05, 3.63) is 82.1 Å². The molecule has 1 saturated heterocycles. The van der Waals surface area contributed by atoms with Crippen molar-refractivity contribution in [1.82, 2.24) is 19.3 Å². The highest BCUT2D eigenvalue weighted by molar-refractivity contribution is 5.78. The molecule has 0 amide bonds. The van der Waals surface area contributed by atoms with Gasteiger partial charge in [-0.2, -0.15) is 5.10 Å². The molecule has 2 aliphatic heterocycles. The van der Waals surface area contributed by atoms with E-state index in [1.54, 1.807) is 12.1 Å². The molecule has 2 aliphatic rings. The normalized spacial score (nSPS) is 22.5. The average Bonchev–Trinajstić information content (AvgIpc) is 3.21. The lowest BCUT2D eigenvalue weighted by Gasteiger charge is -2.36. The second-order valence-corrected chi connectivity index (χ2v) is 9.43. The number of para-hydroxylation sites is 2. The van der Waals surface area contributed by atoms with Crippen LogP contribution < -0.4 is 15.8 Å². The molecule has 1 fully saturated rings. The molecule has 0 saturated carbocycles. The van der Waals surface area contributed by atoms with Gasteiger partial charge in [-0.25, -0.2) is 9.67 Å². The van der Waals surface area contributed by atoms with Gasteiger partial charge >= 0.3 is 0 Å². The first kappa shape index (κ1) is 21.8. The molecule has 4 aromatic rings. The van der Waals surface area contributed by atoms with Crippen molar-refractivity contribution in [2.75, 3.05) is 23.3 Å². The Morgan fingerprint density at radius 2 is 1.89 bits per heavy atom. The lowest BCUT2D eigenvalue weighted by molar-refractivity contribution is 0.0825. The zero-order chi connectivity index (χ0) is 23.9. The number of aliphatic hydroxyl groups is 2. The molecular weight excluding hydrogens is 444 g/mol. The van der Waals surface area contributed by atoms with Gasteiger partial charge in [-0.3, -0.25) is 4.79 Å². The SMILES string of the molecule is O=c1ccc2nn1Cc1cccc(c1)C(O)Nc1nc3ccccc3n1C[C@H](O)[C@H]1CCCN2C1. The van der Waals surface area contributed by atoms with Crippen LogP contribution in [-0.2, 0) is 13.1 Å². The van der Waals surface area contributed by atoms with E-state index < -0.39 is 12.3 Å². The molecule has 9 heteroatoms. The summed E-state index contributed by atoms with van der Waals surface area (Å²) >= 11 is 0. The van der Waals surface area contributed by atoms with E-state index in [1.807, 2.05) is 53.1 Å². The summed E-state index contributed by atoms with van der Waals surface area (Å²) in [5, 5.41) is 30.1. The molecule has 180 valence electrons. The fraction of sp³-hybridized carbons (Fsp3) is 0.346. The van der Waals surface area contributed by atoms with Gasteiger partial charge in [-0.05, 0) is 42.7 Å². The minimum Gasteiger partial charge on any atom is -0.391 e. The number of aromatic nitrogens is 4. The number of piperidine rings is 1. The molecule has 2 aromatic carbocycles. The topological polar surface area (TPSA) is 108 Å². The van der Waals surface area contributed by atoms with Crippen molar-refractivity contribution in [3.8, 4) is 0 Å². The van der Waals surface area contributed by atoms with Crippen LogP contribution in [0.15, 0.2) is 65.5 Å². The lowest BCUT2D eigenvalue weighted by Crippen LogP contribution is -2.43. The minimum absolute atomic E-state index is 0.0329. The van der Waals surface area contributed by atoms with Crippen LogP contribution >= 0.6 is 0 Å². The Labute approximate surface area is 202 Å². The van der Waals surface area contributed by atoms with Crippen LogP contribution in [0.5, 0.6) is 0 Å². The van der Waals surface area contributed by atoms with Crippen molar-refractivity contribution in [2.45, 2.75) is 38.3 Å². The predicted octanol–water partition coefficient (Wildman–Crippen LogP) is 2.34. The largest absolute Gasteiger partial charge is 0.391 e. The molecule has 1 unspecified atom stereocenters. The zero-order valence-corrected chi connectivity index (χ0v) is 19.3. The molecule has 4 heterocycles. The summed E-state index contributed by atoms with van der Waals surface area (Å²) in [4.78, 5) is 19.4. The maximum atomic E-state index is 12.6. The van der Waals surface area contributed by atoms with Crippen LogP contribution in [-0.4, -0.2) is 48.7 Å².